The van der Waals surface area contributed by atoms with Crippen LogP contribution in [0.15, 0.2) is 30.5 Å². The zero-order chi connectivity index (χ0) is 13.8. The Labute approximate surface area is 112 Å². The smallest absolute Gasteiger partial charge is 0.124 e. The Morgan fingerprint density at radius 1 is 1.26 bits per heavy atom. The molecule has 1 N–H and O–H groups in total. The Morgan fingerprint density at radius 3 is 2.63 bits per heavy atom. The maximum Gasteiger partial charge on any atom is 0.124 e. The molecule has 1 unspecified atom stereocenters. The van der Waals surface area contributed by atoms with Crippen LogP contribution in [0.3, 0.4) is 0 Å². The van der Waals surface area contributed by atoms with Gasteiger partial charge in [-0.1, -0.05) is 0 Å². The molecular weight excluding hydrogens is 244 g/mol. The third-order valence-corrected chi connectivity index (χ3v) is 2.97. The summed E-state index contributed by atoms with van der Waals surface area (Å²) in [6, 6.07) is 7.26. The van der Waals surface area contributed by atoms with Crippen molar-refractivity contribution in [3.8, 4) is 11.5 Å². The Bertz CT molecular complexity index is 551. The number of aryl methyl sites for hydroxylation is 1. The Morgan fingerprint density at radius 2 is 2.05 bits per heavy atom. The van der Waals surface area contributed by atoms with Crippen molar-refractivity contribution in [1.29, 1.82) is 0 Å². The molecule has 2 rings (SSSR count). The third kappa shape index (κ3) is 3.06. The van der Waals surface area contributed by atoms with E-state index in [1.54, 1.807) is 37.1 Å². The van der Waals surface area contributed by atoms with E-state index in [9.17, 15) is 5.11 Å². The summed E-state index contributed by atoms with van der Waals surface area (Å²) in [5.41, 5.74) is 1.53. The van der Waals surface area contributed by atoms with Gasteiger partial charge in [-0.25, -0.2) is 0 Å². The van der Waals surface area contributed by atoms with E-state index < -0.39 is 6.10 Å². The zero-order valence-corrected chi connectivity index (χ0v) is 11.3. The molecule has 102 valence electrons. The van der Waals surface area contributed by atoms with Crippen LogP contribution in [0, 0.1) is 0 Å². The summed E-state index contributed by atoms with van der Waals surface area (Å²) in [5.74, 6) is 1.33. The fraction of sp³-hybridized carbons (Fsp3) is 0.357. The van der Waals surface area contributed by atoms with Crippen molar-refractivity contribution in [3.05, 3.63) is 41.7 Å². The molecular formula is C14H18N2O3. The number of methoxy groups -OCH3 is 2. The van der Waals surface area contributed by atoms with Gasteiger partial charge in [0.05, 0.1) is 26.0 Å². The molecule has 0 aliphatic carbocycles. The van der Waals surface area contributed by atoms with E-state index in [2.05, 4.69) is 5.10 Å². The summed E-state index contributed by atoms with van der Waals surface area (Å²) >= 11 is 0. The highest BCUT2D eigenvalue weighted by atomic mass is 16.5. The van der Waals surface area contributed by atoms with Crippen LogP contribution in [0.25, 0.3) is 0 Å². The summed E-state index contributed by atoms with van der Waals surface area (Å²) in [7, 11) is 5.03. The molecule has 19 heavy (non-hydrogen) atoms. The van der Waals surface area contributed by atoms with Crippen molar-refractivity contribution in [2.24, 2.45) is 7.05 Å². The molecule has 0 radical (unpaired) electrons. The Hall–Kier alpha value is -2.01. The minimum atomic E-state index is -0.681. The van der Waals surface area contributed by atoms with E-state index in [-0.39, 0.29) is 0 Å². The van der Waals surface area contributed by atoms with Crippen molar-refractivity contribution >= 4 is 0 Å². The Balaban J connectivity index is 2.23. The van der Waals surface area contributed by atoms with E-state index >= 15 is 0 Å². The van der Waals surface area contributed by atoms with Gasteiger partial charge in [-0.05, 0) is 24.3 Å². The number of aromatic nitrogens is 2. The van der Waals surface area contributed by atoms with Crippen molar-refractivity contribution in [2.45, 2.75) is 12.5 Å². The van der Waals surface area contributed by atoms with E-state index in [1.165, 1.54) is 0 Å². The predicted molar refractivity (Wildman–Crippen MR) is 71.4 cm³/mol. The summed E-state index contributed by atoms with van der Waals surface area (Å²) in [4.78, 5) is 0. The third-order valence-electron chi connectivity index (χ3n) is 2.97. The molecule has 1 heterocycles. The average Bonchev–Trinajstić information content (AvgIpc) is 2.83. The van der Waals surface area contributed by atoms with Crippen LogP contribution in [-0.4, -0.2) is 29.1 Å². The van der Waals surface area contributed by atoms with Crippen LogP contribution >= 0.6 is 0 Å². The van der Waals surface area contributed by atoms with Crippen LogP contribution < -0.4 is 9.47 Å². The summed E-state index contributed by atoms with van der Waals surface area (Å²) in [5, 5.41) is 14.6. The van der Waals surface area contributed by atoms with Crippen molar-refractivity contribution < 1.29 is 14.6 Å². The zero-order valence-electron chi connectivity index (χ0n) is 11.3. The second kappa shape index (κ2) is 5.75. The number of hydrogen-bond donors (Lipinski definition) is 1. The van der Waals surface area contributed by atoms with Gasteiger partial charge in [0, 0.05) is 25.2 Å². The molecule has 0 bridgehead atoms. The van der Waals surface area contributed by atoms with E-state index in [1.807, 2.05) is 19.3 Å². The predicted octanol–water partition coefficient (Wildman–Crippen LogP) is 1.71. The molecule has 0 spiro atoms. The molecule has 5 heteroatoms. The molecule has 0 amide bonds. The van der Waals surface area contributed by atoms with Crippen molar-refractivity contribution in [1.82, 2.24) is 9.78 Å². The number of aliphatic hydroxyl groups is 1. The van der Waals surface area contributed by atoms with Gasteiger partial charge in [0.2, 0.25) is 0 Å². The summed E-state index contributed by atoms with van der Waals surface area (Å²) < 4.78 is 12.2. The van der Waals surface area contributed by atoms with Crippen LogP contribution in [0.5, 0.6) is 11.5 Å². The number of nitrogens with zero attached hydrogens (tertiary/aromatic N) is 2. The van der Waals surface area contributed by atoms with E-state index in [0.29, 0.717) is 23.5 Å². The monoisotopic (exact) mass is 262 g/mol. The molecule has 0 saturated carbocycles. The lowest BCUT2D eigenvalue weighted by molar-refractivity contribution is 0.172. The lowest BCUT2D eigenvalue weighted by Crippen LogP contribution is -2.05. The second-order valence-corrected chi connectivity index (χ2v) is 4.31. The fourth-order valence-electron chi connectivity index (χ4n) is 1.98. The minimum absolute atomic E-state index is 0.435. The summed E-state index contributed by atoms with van der Waals surface area (Å²) in [6.07, 6.45) is 1.61. The van der Waals surface area contributed by atoms with Crippen LogP contribution in [0.2, 0.25) is 0 Å². The number of hydrogen-bond acceptors (Lipinski definition) is 4. The molecule has 1 atom stereocenters. The average molecular weight is 262 g/mol. The van der Waals surface area contributed by atoms with E-state index in [4.69, 9.17) is 9.47 Å². The van der Waals surface area contributed by atoms with E-state index in [0.717, 1.165) is 5.69 Å². The van der Waals surface area contributed by atoms with Gasteiger partial charge in [-0.2, -0.15) is 5.10 Å². The second-order valence-electron chi connectivity index (χ2n) is 4.31. The maximum absolute atomic E-state index is 10.3. The highest BCUT2D eigenvalue weighted by Gasteiger charge is 2.16. The van der Waals surface area contributed by atoms with Crippen LogP contribution in [0.4, 0.5) is 0 Å². The number of rotatable bonds is 5. The molecule has 1 aromatic heterocycles. The van der Waals surface area contributed by atoms with Gasteiger partial charge in [0.25, 0.3) is 0 Å². The highest BCUT2D eigenvalue weighted by Crippen LogP contribution is 2.30. The Kier molecular flexibility index (Phi) is 4.06. The van der Waals surface area contributed by atoms with Gasteiger partial charge >= 0.3 is 0 Å². The normalized spacial score (nSPS) is 12.2. The van der Waals surface area contributed by atoms with Gasteiger partial charge in [0.1, 0.15) is 11.5 Å². The van der Waals surface area contributed by atoms with Crippen LogP contribution in [-0.2, 0) is 13.5 Å². The largest absolute Gasteiger partial charge is 0.497 e. The van der Waals surface area contributed by atoms with Crippen molar-refractivity contribution in [3.63, 3.8) is 0 Å². The van der Waals surface area contributed by atoms with Crippen LogP contribution in [0.1, 0.15) is 17.4 Å². The van der Waals surface area contributed by atoms with Gasteiger partial charge in [0.15, 0.2) is 0 Å². The lowest BCUT2D eigenvalue weighted by atomic mass is 10.0. The first-order valence-corrected chi connectivity index (χ1v) is 6.02. The lowest BCUT2D eigenvalue weighted by Gasteiger charge is -2.15. The first-order valence-electron chi connectivity index (χ1n) is 6.02. The van der Waals surface area contributed by atoms with Gasteiger partial charge in [-0.3, -0.25) is 4.68 Å². The molecule has 0 aliphatic rings. The first-order chi connectivity index (χ1) is 9.13. The van der Waals surface area contributed by atoms with Gasteiger partial charge < -0.3 is 14.6 Å². The standard InChI is InChI=1S/C14H18N2O3/c1-16-7-6-10(15-16)8-13(17)12-9-11(18-2)4-5-14(12)19-3/h4-7,9,13,17H,8H2,1-3H3. The molecule has 1 aromatic carbocycles. The quantitative estimate of drug-likeness (QED) is 0.891. The first kappa shape index (κ1) is 13.4. The van der Waals surface area contributed by atoms with Crippen molar-refractivity contribution in [2.75, 3.05) is 14.2 Å². The number of ether oxygens (including phenoxy) is 2. The fourth-order valence-corrected chi connectivity index (χ4v) is 1.98. The SMILES string of the molecule is COc1ccc(OC)c(C(O)Cc2ccn(C)n2)c1. The summed E-state index contributed by atoms with van der Waals surface area (Å²) in [6.45, 7) is 0. The molecule has 0 aliphatic heterocycles. The topological polar surface area (TPSA) is 56.5 Å². The highest BCUT2D eigenvalue weighted by molar-refractivity contribution is 5.42. The maximum atomic E-state index is 10.3. The molecule has 0 saturated heterocycles. The number of aliphatic hydroxyl groups excluding tert-OH is 1. The van der Waals surface area contributed by atoms with Gasteiger partial charge in [-0.15, -0.1) is 0 Å². The number of benzene rings is 1. The minimum Gasteiger partial charge on any atom is -0.497 e. The molecule has 2 aromatic rings. The molecule has 5 nitrogen and oxygen atoms in total. The molecule has 0 fully saturated rings.